The number of hydrogen-bond acceptors (Lipinski definition) is 4. The number of rotatable bonds is 4. The summed E-state index contributed by atoms with van der Waals surface area (Å²) in [4.78, 5) is 46.2. The fourth-order valence-corrected chi connectivity index (χ4v) is 5.52. The number of aryl methyl sites for hydroxylation is 3. The van der Waals surface area contributed by atoms with Gasteiger partial charge in [-0.05, 0) is 0 Å². The van der Waals surface area contributed by atoms with Crippen molar-refractivity contribution in [2.24, 2.45) is 0 Å². The Morgan fingerprint density at radius 3 is 1.89 bits per heavy atom. The number of ketones is 1. The summed E-state index contributed by atoms with van der Waals surface area (Å²) in [5, 5.41) is -0.167. The molecule has 0 aliphatic heterocycles. The first kappa shape index (κ1) is 19.4. The molecule has 0 heterocycles. The molecular weight excluding hydrogens is 359 g/mol. The Bertz CT molecular complexity index is 994. The van der Waals surface area contributed by atoms with Gasteiger partial charge in [-0.3, -0.25) is 0 Å². The van der Waals surface area contributed by atoms with Crippen LogP contribution in [0.3, 0.4) is 0 Å². The van der Waals surface area contributed by atoms with Crippen LogP contribution in [0.2, 0.25) is 0 Å². The van der Waals surface area contributed by atoms with Gasteiger partial charge in [-0.2, -0.15) is 0 Å². The van der Waals surface area contributed by atoms with E-state index in [1.54, 1.807) is 30.3 Å². The third-order valence-electron chi connectivity index (χ3n) is 4.73. The third-order valence-corrected chi connectivity index (χ3v) is 7.25. The molecule has 0 atom stereocenters. The summed E-state index contributed by atoms with van der Waals surface area (Å²) in [5.41, 5.74) is 3.25. The van der Waals surface area contributed by atoms with Gasteiger partial charge in [0.25, 0.3) is 0 Å². The monoisotopic (exact) mass is 382 g/mol. The Hall–Kier alpha value is -2.36. The van der Waals surface area contributed by atoms with Crippen molar-refractivity contribution in [1.29, 1.82) is 0 Å². The van der Waals surface area contributed by atoms with E-state index >= 15 is 0 Å². The Kier molecular flexibility index (Phi) is 4.79. The van der Waals surface area contributed by atoms with Crippen molar-refractivity contribution in [2.45, 2.75) is 20.8 Å². The van der Waals surface area contributed by atoms with Crippen LogP contribution in [0.15, 0.2) is 66.7 Å². The van der Waals surface area contributed by atoms with Crippen molar-refractivity contribution >= 4 is 23.7 Å². The topological polar surface area (TPSA) is 77.8 Å². The third kappa shape index (κ3) is 3.45. The summed E-state index contributed by atoms with van der Waals surface area (Å²) in [6.45, 7) is 5.66. The van der Waals surface area contributed by atoms with Crippen LogP contribution in [-0.4, -0.2) is 20.5 Å². The molecule has 0 aromatic heterocycles. The van der Waals surface area contributed by atoms with Gasteiger partial charge in [0.15, 0.2) is 0 Å². The molecule has 0 aliphatic rings. The van der Waals surface area contributed by atoms with Crippen molar-refractivity contribution in [3.05, 3.63) is 94.5 Å². The molecule has 3 aromatic carbocycles. The molecule has 0 saturated heterocycles. The van der Waals surface area contributed by atoms with E-state index in [0.717, 1.165) is 16.7 Å². The molecule has 140 valence electrons. The van der Waals surface area contributed by atoms with Gasteiger partial charge in [0, 0.05) is 0 Å². The molecule has 27 heavy (non-hydrogen) atoms. The molecule has 0 saturated carbocycles. The summed E-state index contributed by atoms with van der Waals surface area (Å²) in [7, 11) is -5.46. The van der Waals surface area contributed by atoms with Crippen LogP contribution >= 0.6 is 7.28 Å². The standard InChI is InChI=1S/C22H23O4P/c1-15-13-16(2)21(17(3)14-15)22(23)19-11-7-8-12-20(19)27(24,25,26)18-9-5-4-6-10-18/h4-14,24-26H,1-3H3. The van der Waals surface area contributed by atoms with E-state index in [4.69, 9.17) is 0 Å². The Morgan fingerprint density at radius 2 is 1.30 bits per heavy atom. The van der Waals surface area contributed by atoms with Crippen molar-refractivity contribution in [2.75, 3.05) is 0 Å². The van der Waals surface area contributed by atoms with Crippen molar-refractivity contribution < 1.29 is 19.5 Å². The van der Waals surface area contributed by atoms with E-state index < -0.39 is 7.28 Å². The Morgan fingerprint density at radius 1 is 0.778 bits per heavy atom. The first-order valence-electron chi connectivity index (χ1n) is 8.64. The number of carbonyl (C=O) groups excluding carboxylic acids is 1. The molecule has 3 aromatic rings. The summed E-state index contributed by atoms with van der Waals surface area (Å²) >= 11 is 0. The molecule has 4 nitrogen and oxygen atoms in total. The van der Waals surface area contributed by atoms with Gasteiger partial charge in [-0.15, -0.1) is 0 Å². The fourth-order valence-electron chi connectivity index (χ4n) is 3.54. The molecule has 0 amide bonds. The maximum absolute atomic E-state index is 13.3. The van der Waals surface area contributed by atoms with E-state index in [1.807, 2.05) is 32.9 Å². The minimum absolute atomic E-state index is 0.0129. The van der Waals surface area contributed by atoms with Crippen LogP contribution in [0.4, 0.5) is 0 Å². The van der Waals surface area contributed by atoms with Gasteiger partial charge in [-0.1, -0.05) is 0 Å². The molecule has 0 unspecified atom stereocenters. The van der Waals surface area contributed by atoms with Gasteiger partial charge in [0.2, 0.25) is 0 Å². The summed E-state index contributed by atoms with van der Waals surface area (Å²) in [6.07, 6.45) is 0. The minimum atomic E-state index is -5.46. The molecule has 0 fully saturated rings. The summed E-state index contributed by atoms with van der Waals surface area (Å²) in [6, 6.07) is 17.8. The molecule has 0 radical (unpaired) electrons. The molecular formula is C22H23O4P. The average Bonchev–Trinajstić information content (AvgIpc) is 2.61. The van der Waals surface area contributed by atoms with Gasteiger partial charge in [-0.25, -0.2) is 0 Å². The normalized spacial score (nSPS) is 13.0. The molecule has 5 heteroatoms. The van der Waals surface area contributed by atoms with Crippen LogP contribution in [0, 0.1) is 20.8 Å². The van der Waals surface area contributed by atoms with Crippen molar-refractivity contribution in [3.63, 3.8) is 0 Å². The predicted octanol–water partition coefficient (Wildman–Crippen LogP) is 3.07. The maximum atomic E-state index is 13.3. The van der Waals surface area contributed by atoms with E-state index in [9.17, 15) is 19.5 Å². The second-order valence-corrected chi connectivity index (χ2v) is 9.89. The van der Waals surface area contributed by atoms with Crippen LogP contribution in [0.5, 0.6) is 0 Å². The van der Waals surface area contributed by atoms with E-state index in [1.165, 1.54) is 24.3 Å². The van der Waals surface area contributed by atoms with Crippen molar-refractivity contribution in [3.8, 4) is 0 Å². The van der Waals surface area contributed by atoms with Gasteiger partial charge in [0.05, 0.1) is 0 Å². The number of carbonyl (C=O) groups is 1. The second-order valence-electron chi connectivity index (χ2n) is 6.94. The van der Waals surface area contributed by atoms with E-state index in [2.05, 4.69) is 0 Å². The Balaban J connectivity index is 2.23. The zero-order valence-corrected chi connectivity index (χ0v) is 16.4. The SMILES string of the molecule is Cc1cc(C)c(C(=O)c2ccccc2P(O)(O)(O)c2ccccc2)c(C)c1. The van der Waals surface area contributed by atoms with E-state index in [0.29, 0.717) is 5.56 Å². The van der Waals surface area contributed by atoms with E-state index in [-0.39, 0.29) is 22.0 Å². The Labute approximate surface area is 158 Å². The number of hydrogen-bond donors (Lipinski definition) is 3. The number of benzene rings is 3. The van der Waals surface area contributed by atoms with Gasteiger partial charge < -0.3 is 0 Å². The average molecular weight is 382 g/mol. The first-order valence-corrected chi connectivity index (χ1v) is 10.7. The fraction of sp³-hybridized carbons (Fsp3) is 0.136. The van der Waals surface area contributed by atoms with Crippen molar-refractivity contribution in [1.82, 2.24) is 0 Å². The van der Waals surface area contributed by atoms with Crippen LogP contribution in [-0.2, 0) is 0 Å². The van der Waals surface area contributed by atoms with Crippen LogP contribution in [0.1, 0.15) is 32.6 Å². The molecule has 0 aliphatic carbocycles. The predicted molar refractivity (Wildman–Crippen MR) is 110 cm³/mol. The van der Waals surface area contributed by atoms with Gasteiger partial charge in [0.1, 0.15) is 0 Å². The quantitative estimate of drug-likeness (QED) is 0.479. The molecule has 3 rings (SSSR count). The first-order chi connectivity index (χ1) is 12.6. The zero-order valence-electron chi connectivity index (χ0n) is 15.5. The molecule has 0 spiro atoms. The van der Waals surface area contributed by atoms with Gasteiger partial charge >= 0.3 is 158 Å². The summed E-state index contributed by atoms with van der Waals surface area (Å²) < 4.78 is 0. The van der Waals surface area contributed by atoms with Crippen LogP contribution in [0.25, 0.3) is 0 Å². The summed E-state index contributed by atoms with van der Waals surface area (Å²) in [5.74, 6) is -0.345. The second kappa shape index (κ2) is 6.66. The zero-order chi connectivity index (χ0) is 19.8. The molecule has 3 N–H and O–H groups in total. The molecule has 0 bridgehead atoms. The van der Waals surface area contributed by atoms with Crippen LogP contribution < -0.4 is 10.6 Å².